The number of amides is 1. The molecule has 2 aromatic carbocycles. The summed E-state index contributed by atoms with van der Waals surface area (Å²) in [6.07, 6.45) is -0.220. The third-order valence-corrected chi connectivity index (χ3v) is 6.98. The number of rotatable bonds is 7. The monoisotopic (exact) mass is 479 g/mol. The van der Waals surface area contributed by atoms with Crippen LogP contribution in [-0.4, -0.2) is 75.2 Å². The molecule has 1 amide bonds. The number of aliphatic hydroxyl groups excluding tert-OH is 1. The van der Waals surface area contributed by atoms with Crippen molar-refractivity contribution in [3.63, 3.8) is 0 Å². The smallest absolute Gasteiger partial charge is 0.261 e. The fourth-order valence-electron chi connectivity index (χ4n) is 3.69. The van der Waals surface area contributed by atoms with Crippen LogP contribution in [-0.2, 0) is 10.0 Å². The van der Waals surface area contributed by atoms with E-state index >= 15 is 0 Å². The fourth-order valence-corrected chi connectivity index (χ4v) is 4.74. The zero-order valence-electron chi connectivity index (χ0n) is 19.2. The Morgan fingerprint density at radius 3 is 2.52 bits per heavy atom. The van der Waals surface area contributed by atoms with Crippen LogP contribution >= 0.6 is 0 Å². The first-order valence-electron chi connectivity index (χ1n) is 10.7. The summed E-state index contributed by atoms with van der Waals surface area (Å²) in [6.45, 7) is 4.55. The Balaban J connectivity index is 2.00. The first-order valence-corrected chi connectivity index (χ1v) is 12.2. The number of nitrogens with zero attached hydrogens (tertiary/aromatic N) is 2. The molecule has 0 saturated carbocycles. The zero-order valence-corrected chi connectivity index (χ0v) is 20.0. The van der Waals surface area contributed by atoms with Crippen molar-refractivity contribution in [3.8, 4) is 5.75 Å². The Morgan fingerprint density at radius 1 is 1.24 bits per heavy atom. The average molecular weight is 480 g/mol. The van der Waals surface area contributed by atoms with Gasteiger partial charge in [-0.1, -0.05) is 6.92 Å². The lowest BCUT2D eigenvalue weighted by Crippen LogP contribution is -2.49. The van der Waals surface area contributed by atoms with E-state index in [1.165, 1.54) is 12.1 Å². The molecule has 0 radical (unpaired) electrons. The van der Waals surface area contributed by atoms with Gasteiger partial charge in [-0.2, -0.15) is 0 Å². The predicted octanol–water partition coefficient (Wildman–Crippen LogP) is 2.41. The largest absolute Gasteiger partial charge is 0.488 e. The zero-order chi connectivity index (χ0) is 24.3. The first kappa shape index (κ1) is 24.9. The molecule has 3 rings (SSSR count). The van der Waals surface area contributed by atoms with E-state index in [9.17, 15) is 22.7 Å². The van der Waals surface area contributed by atoms with Gasteiger partial charge in [0.25, 0.3) is 15.9 Å². The van der Waals surface area contributed by atoms with Gasteiger partial charge in [-0.3, -0.25) is 9.52 Å². The number of ether oxygens (including phenoxy) is 1. The topological polar surface area (TPSA) is 99.2 Å². The second-order valence-electron chi connectivity index (χ2n) is 8.66. The second-order valence-corrected chi connectivity index (χ2v) is 10.3. The molecule has 2 aromatic rings. The number of carbonyl (C=O) groups is 1. The molecule has 0 spiro atoms. The molecule has 0 aromatic heterocycles. The minimum absolute atomic E-state index is 0.00449. The van der Waals surface area contributed by atoms with Crippen LogP contribution in [0.3, 0.4) is 0 Å². The molecule has 0 unspecified atom stereocenters. The number of aliphatic hydroxyl groups is 1. The second kappa shape index (κ2) is 10.1. The molecular formula is C23H30FN3O5S. The number of hydrogen-bond acceptors (Lipinski definition) is 6. The normalized spacial score (nSPS) is 20.0. The average Bonchev–Trinajstić information content (AvgIpc) is 2.76. The van der Waals surface area contributed by atoms with Crippen molar-refractivity contribution in [1.29, 1.82) is 0 Å². The van der Waals surface area contributed by atoms with Crippen LogP contribution < -0.4 is 9.46 Å². The van der Waals surface area contributed by atoms with E-state index in [0.717, 1.165) is 24.3 Å². The number of hydrogen-bond donors (Lipinski definition) is 2. The standard InChI is InChI=1S/C23H30FN3O5S/c1-15-12-27(16(2)14-28)23(29)20-11-18(7-10-21(20)32-22(15)13-26(3)4)25-33(30,31)19-8-5-17(24)6-9-19/h5-11,15-16,22,25,28H,12-14H2,1-4H3/t15-,16+,22+/m0/s1. The van der Waals surface area contributed by atoms with Gasteiger partial charge >= 0.3 is 0 Å². The maximum absolute atomic E-state index is 13.4. The minimum Gasteiger partial charge on any atom is -0.488 e. The molecule has 3 atom stereocenters. The summed E-state index contributed by atoms with van der Waals surface area (Å²) in [5.74, 6) is -0.560. The van der Waals surface area contributed by atoms with Gasteiger partial charge in [0.05, 0.1) is 23.1 Å². The highest BCUT2D eigenvalue weighted by Crippen LogP contribution is 2.31. The number of carbonyl (C=O) groups excluding carboxylic acids is 1. The summed E-state index contributed by atoms with van der Waals surface area (Å²) < 4.78 is 47.3. The number of halogens is 1. The van der Waals surface area contributed by atoms with Gasteiger partial charge in [-0.25, -0.2) is 12.8 Å². The van der Waals surface area contributed by atoms with Crippen LogP contribution in [0.25, 0.3) is 0 Å². The number of nitrogens with one attached hydrogen (secondary N) is 1. The maximum Gasteiger partial charge on any atom is 0.261 e. The summed E-state index contributed by atoms with van der Waals surface area (Å²) in [5.41, 5.74) is 0.370. The molecule has 1 aliphatic heterocycles. The van der Waals surface area contributed by atoms with Crippen LogP contribution in [0.5, 0.6) is 5.75 Å². The highest BCUT2D eigenvalue weighted by molar-refractivity contribution is 7.92. The van der Waals surface area contributed by atoms with Crippen LogP contribution in [0, 0.1) is 11.7 Å². The highest BCUT2D eigenvalue weighted by atomic mass is 32.2. The SMILES string of the molecule is C[C@H](CO)N1C[C@H](C)[C@@H](CN(C)C)Oc2ccc(NS(=O)(=O)c3ccc(F)cc3)cc2C1=O. The van der Waals surface area contributed by atoms with Crippen molar-refractivity contribution in [2.45, 2.75) is 30.9 Å². The van der Waals surface area contributed by atoms with Crippen molar-refractivity contribution < 1.29 is 27.4 Å². The van der Waals surface area contributed by atoms with Gasteiger partial charge in [0.2, 0.25) is 0 Å². The van der Waals surface area contributed by atoms with E-state index in [4.69, 9.17) is 4.74 Å². The number of sulfonamides is 1. The number of likely N-dealkylation sites (N-methyl/N-ethyl adjacent to an activating group) is 1. The molecule has 33 heavy (non-hydrogen) atoms. The third kappa shape index (κ3) is 5.82. The molecule has 10 heteroatoms. The lowest BCUT2D eigenvalue weighted by Gasteiger charge is -2.37. The summed E-state index contributed by atoms with van der Waals surface area (Å²) >= 11 is 0. The van der Waals surface area contributed by atoms with Gasteiger partial charge in [-0.15, -0.1) is 0 Å². The molecule has 0 fully saturated rings. The molecule has 0 bridgehead atoms. The molecule has 8 nitrogen and oxygen atoms in total. The van der Waals surface area contributed by atoms with Crippen molar-refractivity contribution in [2.24, 2.45) is 5.92 Å². The Hall–Kier alpha value is -2.69. The summed E-state index contributed by atoms with van der Waals surface area (Å²) in [4.78, 5) is 16.9. The number of benzene rings is 2. The van der Waals surface area contributed by atoms with Gasteiger partial charge in [0, 0.05) is 24.7 Å². The fraction of sp³-hybridized carbons (Fsp3) is 0.435. The molecule has 1 aliphatic rings. The first-order chi connectivity index (χ1) is 15.5. The quantitative estimate of drug-likeness (QED) is 0.633. The van der Waals surface area contributed by atoms with Gasteiger partial charge < -0.3 is 19.6 Å². The van der Waals surface area contributed by atoms with Crippen LogP contribution in [0.15, 0.2) is 47.4 Å². The van der Waals surface area contributed by atoms with E-state index in [1.54, 1.807) is 17.9 Å². The van der Waals surface area contributed by atoms with Gasteiger partial charge in [-0.05, 0) is 63.5 Å². The van der Waals surface area contributed by atoms with E-state index in [0.29, 0.717) is 18.8 Å². The molecule has 1 heterocycles. The predicted molar refractivity (Wildman–Crippen MR) is 123 cm³/mol. The lowest BCUT2D eigenvalue weighted by molar-refractivity contribution is 0.0363. The van der Waals surface area contributed by atoms with Crippen molar-refractivity contribution in [1.82, 2.24) is 9.80 Å². The van der Waals surface area contributed by atoms with Crippen molar-refractivity contribution in [3.05, 3.63) is 53.8 Å². The van der Waals surface area contributed by atoms with Gasteiger partial charge in [0.1, 0.15) is 17.7 Å². The molecule has 0 aliphatic carbocycles. The minimum atomic E-state index is -3.99. The Bertz CT molecular complexity index is 1090. The third-order valence-electron chi connectivity index (χ3n) is 5.59. The van der Waals surface area contributed by atoms with E-state index in [2.05, 4.69) is 4.72 Å². The van der Waals surface area contributed by atoms with Crippen molar-refractivity contribution in [2.75, 3.05) is 38.5 Å². The van der Waals surface area contributed by atoms with Crippen LogP contribution in [0.4, 0.5) is 10.1 Å². The number of anilines is 1. The van der Waals surface area contributed by atoms with Gasteiger partial charge in [0.15, 0.2) is 0 Å². The maximum atomic E-state index is 13.4. The van der Waals surface area contributed by atoms with E-state index < -0.39 is 21.9 Å². The molecule has 0 saturated heterocycles. The molecule has 2 N–H and O–H groups in total. The summed E-state index contributed by atoms with van der Waals surface area (Å²) in [6, 6.07) is 8.54. The summed E-state index contributed by atoms with van der Waals surface area (Å²) in [5, 5.41) is 9.71. The Labute approximate surface area is 194 Å². The lowest BCUT2D eigenvalue weighted by atomic mass is 9.99. The van der Waals surface area contributed by atoms with Crippen molar-refractivity contribution >= 4 is 21.6 Å². The summed E-state index contributed by atoms with van der Waals surface area (Å²) in [7, 11) is -0.124. The number of fused-ring (bicyclic) bond motifs is 1. The Morgan fingerprint density at radius 2 is 1.91 bits per heavy atom. The van der Waals surface area contributed by atoms with E-state index in [-0.39, 0.29) is 40.7 Å². The molecular weight excluding hydrogens is 449 g/mol. The molecule has 180 valence electrons. The van der Waals surface area contributed by atoms with E-state index in [1.807, 2.05) is 25.9 Å². The van der Waals surface area contributed by atoms with Crippen LogP contribution in [0.1, 0.15) is 24.2 Å². The van der Waals surface area contributed by atoms with Crippen LogP contribution in [0.2, 0.25) is 0 Å². The highest BCUT2D eigenvalue weighted by Gasteiger charge is 2.33. The Kier molecular flexibility index (Phi) is 7.61.